The van der Waals surface area contributed by atoms with Crippen LogP contribution in [0.2, 0.25) is 0 Å². The van der Waals surface area contributed by atoms with Crippen LogP contribution >= 0.6 is 0 Å². The molecular weight excluding hydrogens is 214 g/mol. The largest absolute Gasteiger partial charge is 0.391 e. The van der Waals surface area contributed by atoms with Gasteiger partial charge in [0.25, 0.3) is 0 Å². The van der Waals surface area contributed by atoms with E-state index >= 15 is 0 Å². The summed E-state index contributed by atoms with van der Waals surface area (Å²) in [5.41, 5.74) is 3.31. The summed E-state index contributed by atoms with van der Waals surface area (Å²) in [4.78, 5) is 11.5. The lowest BCUT2D eigenvalue weighted by Crippen LogP contribution is -2.14. The van der Waals surface area contributed by atoms with Gasteiger partial charge in [0.1, 0.15) is 0 Å². The fourth-order valence-electron chi connectivity index (χ4n) is 1.85. The van der Waals surface area contributed by atoms with E-state index in [1.165, 1.54) is 0 Å². The summed E-state index contributed by atoms with van der Waals surface area (Å²) < 4.78 is 1.92. The minimum absolute atomic E-state index is 0.117. The van der Waals surface area contributed by atoms with Crippen LogP contribution < -0.4 is 5.43 Å². The standard InChI is InChI=1S/C14H15NO2/c1-10-4-3-5-13(6-10)15-8-12(9-16)14(17)7-11(15)2/h3-8,16H,9H2,1-2H3. The van der Waals surface area contributed by atoms with Crippen LogP contribution in [-0.4, -0.2) is 9.67 Å². The molecule has 3 heteroatoms. The third-order valence-electron chi connectivity index (χ3n) is 2.77. The fraction of sp³-hybridized carbons (Fsp3) is 0.214. The van der Waals surface area contributed by atoms with Crippen LogP contribution in [0.5, 0.6) is 0 Å². The monoisotopic (exact) mass is 229 g/mol. The van der Waals surface area contributed by atoms with Crippen molar-refractivity contribution in [1.29, 1.82) is 0 Å². The van der Waals surface area contributed by atoms with E-state index in [9.17, 15) is 4.79 Å². The number of nitrogens with zero attached hydrogens (tertiary/aromatic N) is 1. The number of benzene rings is 1. The van der Waals surface area contributed by atoms with E-state index in [0.717, 1.165) is 16.9 Å². The molecule has 1 aromatic carbocycles. The molecule has 0 amide bonds. The molecule has 2 rings (SSSR count). The smallest absolute Gasteiger partial charge is 0.187 e. The molecule has 0 fully saturated rings. The van der Waals surface area contributed by atoms with E-state index in [1.54, 1.807) is 12.3 Å². The normalized spacial score (nSPS) is 10.5. The maximum Gasteiger partial charge on any atom is 0.187 e. The molecule has 0 aliphatic rings. The van der Waals surface area contributed by atoms with Crippen molar-refractivity contribution in [3.8, 4) is 5.69 Å². The van der Waals surface area contributed by atoms with E-state index < -0.39 is 0 Å². The highest BCUT2D eigenvalue weighted by molar-refractivity contribution is 5.38. The van der Waals surface area contributed by atoms with Crippen molar-refractivity contribution >= 4 is 0 Å². The zero-order chi connectivity index (χ0) is 12.4. The van der Waals surface area contributed by atoms with E-state index in [2.05, 4.69) is 0 Å². The van der Waals surface area contributed by atoms with Crippen molar-refractivity contribution < 1.29 is 5.11 Å². The number of rotatable bonds is 2. The second-order valence-corrected chi connectivity index (χ2v) is 4.17. The molecular formula is C14H15NO2. The van der Waals surface area contributed by atoms with E-state index in [1.807, 2.05) is 42.7 Å². The molecule has 1 N–H and O–H groups in total. The van der Waals surface area contributed by atoms with Crippen LogP contribution in [0.1, 0.15) is 16.8 Å². The molecule has 2 aromatic rings. The van der Waals surface area contributed by atoms with Crippen LogP contribution in [0, 0.1) is 13.8 Å². The Balaban J connectivity index is 2.63. The van der Waals surface area contributed by atoms with E-state index in [-0.39, 0.29) is 12.0 Å². The molecule has 0 radical (unpaired) electrons. The Morgan fingerprint density at radius 1 is 1.24 bits per heavy atom. The summed E-state index contributed by atoms with van der Waals surface area (Å²) in [6, 6.07) is 9.56. The molecule has 0 saturated carbocycles. The second kappa shape index (κ2) is 4.55. The van der Waals surface area contributed by atoms with Gasteiger partial charge in [-0.25, -0.2) is 0 Å². The van der Waals surface area contributed by atoms with Crippen molar-refractivity contribution in [3.63, 3.8) is 0 Å². The first-order valence-electron chi connectivity index (χ1n) is 5.52. The van der Waals surface area contributed by atoms with Crippen molar-refractivity contribution in [1.82, 2.24) is 4.57 Å². The minimum Gasteiger partial charge on any atom is -0.391 e. The number of hydrogen-bond donors (Lipinski definition) is 1. The number of pyridine rings is 1. The van der Waals surface area contributed by atoms with Gasteiger partial charge in [0.05, 0.1) is 6.61 Å². The number of aromatic nitrogens is 1. The lowest BCUT2D eigenvalue weighted by atomic mass is 10.2. The predicted octanol–water partition coefficient (Wildman–Crippen LogP) is 1.95. The van der Waals surface area contributed by atoms with Gasteiger partial charge in [-0.05, 0) is 31.5 Å². The molecule has 3 nitrogen and oxygen atoms in total. The average molecular weight is 229 g/mol. The molecule has 0 aliphatic heterocycles. The van der Waals surface area contributed by atoms with Crippen molar-refractivity contribution in [2.75, 3.05) is 0 Å². The first-order chi connectivity index (χ1) is 8.11. The highest BCUT2D eigenvalue weighted by atomic mass is 16.3. The lowest BCUT2D eigenvalue weighted by Gasteiger charge is -2.12. The zero-order valence-electron chi connectivity index (χ0n) is 9.97. The fourth-order valence-corrected chi connectivity index (χ4v) is 1.85. The van der Waals surface area contributed by atoms with Crippen LogP contribution in [0.25, 0.3) is 5.69 Å². The van der Waals surface area contributed by atoms with Gasteiger partial charge in [-0.3, -0.25) is 4.79 Å². The van der Waals surface area contributed by atoms with Crippen molar-refractivity contribution in [2.45, 2.75) is 20.5 Å². The van der Waals surface area contributed by atoms with Gasteiger partial charge in [0.15, 0.2) is 5.43 Å². The number of aryl methyl sites for hydroxylation is 2. The van der Waals surface area contributed by atoms with E-state index in [0.29, 0.717) is 5.56 Å². The van der Waals surface area contributed by atoms with Gasteiger partial charge in [0.2, 0.25) is 0 Å². The molecule has 0 atom stereocenters. The Labute approximate surface area is 100.0 Å². The van der Waals surface area contributed by atoms with Crippen LogP contribution in [-0.2, 0) is 6.61 Å². The minimum atomic E-state index is -0.231. The summed E-state index contributed by atoms with van der Waals surface area (Å²) in [6.07, 6.45) is 1.70. The Bertz CT molecular complexity index is 599. The van der Waals surface area contributed by atoms with Crippen LogP contribution in [0.3, 0.4) is 0 Å². The van der Waals surface area contributed by atoms with Gasteiger partial charge in [-0.2, -0.15) is 0 Å². The molecule has 1 heterocycles. The van der Waals surface area contributed by atoms with E-state index in [4.69, 9.17) is 5.11 Å². The third kappa shape index (κ3) is 2.29. The Morgan fingerprint density at radius 3 is 2.65 bits per heavy atom. The van der Waals surface area contributed by atoms with Crippen molar-refractivity contribution in [3.05, 3.63) is 63.6 Å². The molecule has 0 spiro atoms. The topological polar surface area (TPSA) is 42.2 Å². The molecule has 0 saturated heterocycles. The maximum atomic E-state index is 11.5. The summed E-state index contributed by atoms with van der Waals surface area (Å²) in [5.74, 6) is 0. The number of aliphatic hydroxyl groups excluding tert-OH is 1. The van der Waals surface area contributed by atoms with Gasteiger partial charge in [-0.15, -0.1) is 0 Å². The highest BCUT2D eigenvalue weighted by Gasteiger charge is 2.04. The zero-order valence-corrected chi connectivity index (χ0v) is 9.97. The quantitative estimate of drug-likeness (QED) is 0.855. The van der Waals surface area contributed by atoms with Gasteiger partial charge in [-0.1, -0.05) is 12.1 Å². The molecule has 17 heavy (non-hydrogen) atoms. The van der Waals surface area contributed by atoms with Gasteiger partial charge >= 0.3 is 0 Å². The SMILES string of the molecule is Cc1cccc(-n2cc(CO)c(=O)cc2C)c1. The molecule has 0 aliphatic carbocycles. The Hall–Kier alpha value is -1.87. The first-order valence-corrected chi connectivity index (χ1v) is 5.52. The summed E-state index contributed by atoms with van der Waals surface area (Å²) in [5, 5.41) is 9.12. The average Bonchev–Trinajstić information content (AvgIpc) is 2.29. The molecule has 0 unspecified atom stereocenters. The summed E-state index contributed by atoms with van der Waals surface area (Å²) in [7, 11) is 0. The maximum absolute atomic E-state index is 11.5. The molecule has 0 bridgehead atoms. The Kier molecular flexibility index (Phi) is 3.11. The first kappa shape index (κ1) is 11.6. The van der Waals surface area contributed by atoms with Gasteiger partial charge < -0.3 is 9.67 Å². The van der Waals surface area contributed by atoms with Crippen molar-refractivity contribution in [2.24, 2.45) is 0 Å². The van der Waals surface area contributed by atoms with Crippen LogP contribution in [0.15, 0.2) is 41.3 Å². The predicted molar refractivity (Wildman–Crippen MR) is 67.4 cm³/mol. The lowest BCUT2D eigenvalue weighted by molar-refractivity contribution is 0.280. The molecule has 1 aromatic heterocycles. The summed E-state index contributed by atoms with van der Waals surface area (Å²) in [6.45, 7) is 3.67. The van der Waals surface area contributed by atoms with Crippen LogP contribution in [0.4, 0.5) is 0 Å². The van der Waals surface area contributed by atoms with Gasteiger partial charge in [0, 0.05) is 29.2 Å². The highest BCUT2D eigenvalue weighted by Crippen LogP contribution is 2.12. The third-order valence-corrected chi connectivity index (χ3v) is 2.77. The second-order valence-electron chi connectivity index (χ2n) is 4.17. The number of aliphatic hydroxyl groups is 1. The summed E-state index contributed by atoms with van der Waals surface area (Å²) >= 11 is 0. The number of hydrogen-bond acceptors (Lipinski definition) is 2. The Morgan fingerprint density at radius 2 is 2.00 bits per heavy atom. The molecule has 88 valence electrons.